The Bertz CT molecular complexity index is 3190. The van der Waals surface area contributed by atoms with E-state index < -0.39 is 13.3 Å². The van der Waals surface area contributed by atoms with Crippen LogP contribution in [0.5, 0.6) is 0 Å². The third kappa shape index (κ3) is 10.8. The molecule has 0 bridgehead atoms. The number of fused-ring (bicyclic) bond motifs is 4. The molecule has 1 saturated carbocycles. The normalized spacial score (nSPS) is 13.4. The summed E-state index contributed by atoms with van der Waals surface area (Å²) in [6.07, 6.45) is 11.8. The topological polar surface area (TPSA) is 69.6 Å². The van der Waals surface area contributed by atoms with Gasteiger partial charge in [0.05, 0.1) is 28.1 Å². The zero-order valence-corrected chi connectivity index (χ0v) is 46.9. The fraction of sp³-hybridized carbons (Fsp3) is 0.344. The summed E-state index contributed by atoms with van der Waals surface area (Å²) in [5.74, 6) is 9.63. The summed E-state index contributed by atoms with van der Waals surface area (Å²) in [6.45, 7) is 17.9. The van der Waals surface area contributed by atoms with Crippen LogP contribution in [-0.2, 0) is 32.9 Å². The van der Waals surface area contributed by atoms with Crippen LogP contribution in [0.3, 0.4) is 0 Å². The molecule has 0 atom stereocenters. The summed E-state index contributed by atoms with van der Waals surface area (Å²) in [4.78, 5) is 19.8. The van der Waals surface area contributed by atoms with E-state index >= 15 is 0 Å². The van der Waals surface area contributed by atoms with E-state index in [0.717, 1.165) is 79.4 Å². The Morgan fingerprint density at radius 3 is 2.13 bits per heavy atom. The second kappa shape index (κ2) is 20.6. The molecule has 1 radical (unpaired) electrons. The molecule has 1 aliphatic carbocycles. The Morgan fingerprint density at radius 2 is 1.48 bits per heavy atom. The van der Waals surface area contributed by atoms with Gasteiger partial charge in [-0.3, -0.25) is 9.97 Å². The molecule has 0 N–H and O–H groups in total. The zero-order valence-electron chi connectivity index (χ0n) is 42.4. The van der Waals surface area contributed by atoms with Crippen molar-refractivity contribution in [2.75, 3.05) is 0 Å². The number of benzene rings is 4. The molecule has 0 amide bonds. The van der Waals surface area contributed by atoms with Crippen molar-refractivity contribution in [3.8, 4) is 39.5 Å². The van der Waals surface area contributed by atoms with Gasteiger partial charge in [0.1, 0.15) is 0 Å². The van der Waals surface area contributed by atoms with E-state index in [9.17, 15) is 0 Å². The fourth-order valence-electron chi connectivity index (χ4n) is 10.2. The minimum Gasteiger partial charge on any atom is 0 e. The van der Waals surface area contributed by atoms with Gasteiger partial charge in [-0.1, -0.05) is 89.7 Å². The van der Waals surface area contributed by atoms with Crippen molar-refractivity contribution in [3.63, 3.8) is 0 Å². The number of furan rings is 1. The first-order valence-corrected chi connectivity index (χ1v) is 32.2. The summed E-state index contributed by atoms with van der Waals surface area (Å²) in [6, 6.07) is 43.1. The van der Waals surface area contributed by atoms with Crippen molar-refractivity contribution in [2.45, 2.75) is 123 Å². The Hall–Kier alpha value is -5.21. The molecule has 8 heteroatoms. The Kier molecular flexibility index (Phi) is 15.0. The number of aryl methyl sites for hydroxylation is 1. The van der Waals surface area contributed by atoms with Gasteiger partial charge in [-0.05, 0) is 83.2 Å². The fourth-order valence-corrected chi connectivity index (χ4v) is 13.6. The molecule has 357 valence electrons. The van der Waals surface area contributed by atoms with Crippen LogP contribution in [-0.4, -0.2) is 37.8 Å². The van der Waals surface area contributed by atoms with Crippen LogP contribution < -0.4 is 4.40 Å². The maximum Gasteiger partial charge on any atom is 0 e. The van der Waals surface area contributed by atoms with E-state index in [4.69, 9.17) is 24.4 Å². The Balaban J connectivity index is 0.000000234. The predicted octanol–water partition coefficient (Wildman–Crippen LogP) is 15.8. The van der Waals surface area contributed by atoms with Gasteiger partial charge in [0, 0.05) is 43.1 Å². The largest absolute Gasteiger partial charge is 0 e. The summed E-state index contributed by atoms with van der Waals surface area (Å²) in [5.41, 5.74) is 16.1. The van der Waals surface area contributed by atoms with Crippen LogP contribution in [0.15, 0.2) is 120 Å². The van der Waals surface area contributed by atoms with Gasteiger partial charge in [0.2, 0.25) is 5.71 Å². The quantitative estimate of drug-likeness (QED) is 0.101. The average molecular weight is 1150 g/mol. The van der Waals surface area contributed by atoms with Gasteiger partial charge >= 0.3 is 137 Å². The molecule has 0 aliphatic heterocycles. The molecule has 69 heavy (non-hydrogen) atoms. The summed E-state index contributed by atoms with van der Waals surface area (Å²) < 4.78 is 10.5. The smallest absolute Gasteiger partial charge is 0 e. The van der Waals surface area contributed by atoms with E-state index in [1.807, 2.05) is 30.5 Å². The number of hydrogen-bond acceptors (Lipinski definition) is 5. The first kappa shape index (κ1) is 50.2. The van der Waals surface area contributed by atoms with Gasteiger partial charge in [-0.25, -0.2) is 4.98 Å². The molecule has 10 rings (SSSR count). The van der Waals surface area contributed by atoms with E-state index in [2.05, 4.69) is 174 Å². The molecule has 4 aromatic carbocycles. The maximum absolute atomic E-state index is 6.63. The summed E-state index contributed by atoms with van der Waals surface area (Å²) in [5, 5.41) is 2.01. The van der Waals surface area contributed by atoms with Crippen molar-refractivity contribution in [3.05, 3.63) is 156 Å². The molecule has 0 unspecified atom stereocenters. The molecule has 1 fully saturated rings. The van der Waals surface area contributed by atoms with Crippen LogP contribution in [0, 0.1) is 30.4 Å². The van der Waals surface area contributed by atoms with Crippen LogP contribution in [0.4, 0.5) is 0 Å². The van der Waals surface area contributed by atoms with Crippen LogP contribution in [0.2, 0.25) is 17.3 Å². The van der Waals surface area contributed by atoms with Crippen molar-refractivity contribution in [2.24, 2.45) is 11.3 Å². The van der Waals surface area contributed by atoms with Crippen molar-refractivity contribution >= 4 is 50.8 Å². The average Bonchev–Trinajstić information content (AvgIpc) is 4.06. The zero-order chi connectivity index (χ0) is 47.9. The van der Waals surface area contributed by atoms with E-state index in [1.165, 1.54) is 54.4 Å². The standard InChI is InChI=1S/C41H41N4O.C20H26GeN.Ir/c1-24(2)33-21-28(27-13-10-9-11-14-27)22-34(25(3)4)37(33)45-36-26(5)42-20-19-35(36)44-39(45)32-16-12-15-30-31-18-17-29(23-41(6,7)8)43-40(31)46-38(30)32;1-21(2,3)19-15-22-20(17-11-5-4-6-12-17)14-18(19)13-16-9-7-8-10-16;/h9-15,17-22,24-25H,23H2,1-8H3;4-6,11,14-16H,7-10,13H2,1-3H3;/q2*-1;. The molecule has 9 aromatic rings. The molecular weight excluding hydrogens is 1080 g/mol. The molecule has 5 aromatic heterocycles. The number of rotatable bonds is 10. The number of imidazole rings is 1. The predicted molar refractivity (Wildman–Crippen MR) is 287 cm³/mol. The molecule has 1 aliphatic rings. The van der Waals surface area contributed by atoms with Gasteiger partial charge in [0.15, 0.2) is 0 Å². The molecular formula is C61H67GeIrN5O-2. The summed E-state index contributed by atoms with van der Waals surface area (Å²) >= 11 is -1.87. The van der Waals surface area contributed by atoms with E-state index in [1.54, 1.807) is 9.96 Å². The number of aromatic nitrogens is 5. The summed E-state index contributed by atoms with van der Waals surface area (Å²) in [7, 11) is 0. The second-order valence-electron chi connectivity index (χ2n) is 21.9. The van der Waals surface area contributed by atoms with Gasteiger partial charge in [0.25, 0.3) is 0 Å². The van der Waals surface area contributed by atoms with Crippen LogP contribution in [0.25, 0.3) is 72.6 Å². The second-order valence-corrected chi connectivity index (χ2v) is 32.5. The van der Waals surface area contributed by atoms with Crippen LogP contribution in [0.1, 0.15) is 114 Å². The van der Waals surface area contributed by atoms with Gasteiger partial charge in [-0.15, -0.1) is 18.2 Å². The number of pyridine rings is 3. The molecule has 6 nitrogen and oxygen atoms in total. The van der Waals surface area contributed by atoms with E-state index in [0.29, 0.717) is 5.71 Å². The molecule has 0 spiro atoms. The third-order valence-corrected chi connectivity index (χ3v) is 17.9. The minimum absolute atomic E-state index is 0. The molecule has 5 heterocycles. The Morgan fingerprint density at radius 1 is 0.768 bits per heavy atom. The third-order valence-electron chi connectivity index (χ3n) is 13.5. The van der Waals surface area contributed by atoms with E-state index in [-0.39, 0.29) is 37.4 Å². The SMILES string of the molecule is Cc1nccc2nc(-c3[c-]ccc4c3oc3nc(CC(C)(C)C)ccc34)n(-c3c(C(C)C)cc(-c4ccccc4)cc3C(C)C)c12.[CH3][Ge]([CH3])([CH3])[c]1cnc(-c2[c-]cccc2)cc1CC1CCCC1.[Ir]. The molecule has 0 saturated heterocycles. The number of nitrogens with zero attached hydrogens (tertiary/aromatic N) is 5. The van der Waals surface area contributed by atoms with Crippen molar-refractivity contribution in [1.82, 2.24) is 24.5 Å². The van der Waals surface area contributed by atoms with Crippen molar-refractivity contribution < 1.29 is 24.5 Å². The monoisotopic (exact) mass is 1150 g/mol. The Labute approximate surface area is 426 Å². The van der Waals surface area contributed by atoms with Gasteiger partial charge < -0.3 is 8.98 Å². The maximum atomic E-state index is 6.63. The first-order valence-electron chi connectivity index (χ1n) is 24.8. The van der Waals surface area contributed by atoms with Gasteiger partial charge in [-0.2, -0.15) is 0 Å². The van der Waals surface area contributed by atoms with Crippen LogP contribution >= 0.6 is 0 Å². The van der Waals surface area contributed by atoms with Crippen molar-refractivity contribution in [1.29, 1.82) is 0 Å². The minimum atomic E-state index is -1.87. The number of hydrogen-bond donors (Lipinski definition) is 0. The first-order chi connectivity index (χ1) is 32.5.